The fourth-order valence-electron chi connectivity index (χ4n) is 4.20. The smallest absolute Gasteiger partial charge is 0.744 e. The minimum absolute atomic E-state index is 0. The number of aromatic hydroxyl groups is 1. The first-order valence-electron chi connectivity index (χ1n) is 12.5. The fraction of sp³-hybridized carbons (Fsp3) is 0.174. The molecule has 1 fully saturated rings. The van der Waals surface area contributed by atoms with Crippen LogP contribution in [0.1, 0.15) is 0 Å². The first-order valence-corrected chi connectivity index (χ1v) is 15.3. The van der Waals surface area contributed by atoms with E-state index in [-0.39, 0.29) is 133 Å². The molecule has 5 rings (SSSR count). The van der Waals surface area contributed by atoms with Crippen LogP contribution >= 0.6 is 24.1 Å². The molecule has 0 radical (unpaired) electrons. The van der Waals surface area contributed by atoms with Crippen molar-refractivity contribution in [1.29, 1.82) is 0 Å². The van der Waals surface area contributed by atoms with Crippen molar-refractivity contribution in [2.45, 2.75) is 14.7 Å². The zero-order chi connectivity index (χ0) is 32.8. The van der Waals surface area contributed by atoms with E-state index in [0.29, 0.717) is 50.4 Å². The molecule has 2 heterocycles. The number of rotatable bonds is 12. The van der Waals surface area contributed by atoms with E-state index in [9.17, 15) is 33.0 Å². The molecule has 0 aliphatic carbocycles. The van der Waals surface area contributed by atoms with Gasteiger partial charge in [0.25, 0.3) is 0 Å². The second-order valence-corrected chi connectivity index (χ2v) is 11.8. The predicted molar refractivity (Wildman–Crippen MR) is 151 cm³/mol. The number of hydrogen-bond donors (Lipinski definition) is 3. The van der Waals surface area contributed by atoms with Crippen LogP contribution in [-0.4, -0.2) is 59.3 Å². The third kappa shape index (κ3) is 11.5. The molecule has 3 aromatic carbocycles. The summed E-state index contributed by atoms with van der Waals surface area (Å²) in [5.74, 6) is -0.591. The Bertz CT molecular complexity index is 1900. The number of benzene rings is 3. The van der Waals surface area contributed by atoms with E-state index in [1.165, 1.54) is 24.3 Å². The molecule has 1 aromatic heterocycles. The molecule has 4 N–H and O–H groups in total. The number of azo groups is 1. The molecule has 0 saturated carbocycles. The summed E-state index contributed by atoms with van der Waals surface area (Å²) < 4.78 is 64.3. The summed E-state index contributed by atoms with van der Waals surface area (Å²) in [5, 5.41) is 48.9. The standard InChI is InChI=1S/C23H21FN8O11S3.3Na/c24-21-27-22(29-23(28-21)32-3-5-39-6-4-32)26-12-1-2-16(45-43-41-35)14(9-12)30-31-20-18-11(8-17(19(20)25)46(36,37)38)7-13(10-15(18)33)44-42-40-34;;;/h1-2,7-10,33-35H,3-6,25H2,(H,36,37,38)(H,26,27,28,29);;;/q;3*+1/p-3. The number of halogens is 1. The maximum absolute atomic E-state index is 14.3. The van der Waals surface area contributed by atoms with Gasteiger partial charge in [0.05, 0.1) is 58.2 Å². The van der Waals surface area contributed by atoms with Crippen molar-refractivity contribution in [3.8, 4) is 5.75 Å². The number of nitrogens with two attached hydrogens (primary N) is 1. The van der Waals surface area contributed by atoms with Crippen LogP contribution in [0, 0.1) is 6.08 Å². The van der Waals surface area contributed by atoms with Gasteiger partial charge in [0.1, 0.15) is 27.2 Å². The number of anilines is 4. The van der Waals surface area contributed by atoms with Gasteiger partial charge in [0.15, 0.2) is 0 Å². The van der Waals surface area contributed by atoms with Gasteiger partial charge in [0.2, 0.25) is 11.9 Å². The van der Waals surface area contributed by atoms with Crippen molar-refractivity contribution < 1.29 is 145 Å². The number of hydrogen-bond acceptors (Lipinski definition) is 21. The Morgan fingerprint density at radius 2 is 1.69 bits per heavy atom. The Hall–Kier alpha value is -1.01. The number of phenolic OH excluding ortho intramolecular Hbond substituents is 1. The SMILES string of the molecule is Nc1c(S(=O)(=O)[O-])cc2cc(SOO[O-])cc(O)c2c1N=Nc1cc(Nc2nc(F)nc(N3CCOCC3)n2)ccc1SOO[O-].[Na+].[Na+].[Na+]. The van der Waals surface area contributed by atoms with Crippen LogP contribution in [0.2, 0.25) is 0 Å². The summed E-state index contributed by atoms with van der Waals surface area (Å²) in [6.07, 6.45) is -1.05. The topological polar surface area (TPSA) is 274 Å². The predicted octanol–water partition coefficient (Wildman–Crippen LogP) is -7.18. The molecular formula is C23H18FN8Na3O11S3. The molecule has 1 aliphatic heterocycles. The molecular weight excluding hydrogens is 748 g/mol. The van der Waals surface area contributed by atoms with Gasteiger partial charge in [-0.3, -0.25) is 10.1 Å². The number of aromatic nitrogens is 3. The Kier molecular flexibility index (Phi) is 18.3. The summed E-state index contributed by atoms with van der Waals surface area (Å²) in [6, 6.07) is 7.50. The molecule has 0 spiro atoms. The second kappa shape index (κ2) is 20.3. The Morgan fingerprint density at radius 3 is 2.37 bits per heavy atom. The molecule has 49 heavy (non-hydrogen) atoms. The Morgan fingerprint density at radius 1 is 1.00 bits per heavy atom. The van der Waals surface area contributed by atoms with Crippen LogP contribution in [0.15, 0.2) is 61.3 Å². The molecule has 0 unspecified atom stereocenters. The molecule has 4 aromatic rings. The Labute approximate surface area is 351 Å². The monoisotopic (exact) mass is 766 g/mol. The van der Waals surface area contributed by atoms with Crippen LogP contribution in [0.5, 0.6) is 5.75 Å². The van der Waals surface area contributed by atoms with Gasteiger partial charge in [-0.2, -0.15) is 28.0 Å². The van der Waals surface area contributed by atoms with Crippen molar-refractivity contribution >= 4 is 79.6 Å². The zero-order valence-electron chi connectivity index (χ0n) is 25.7. The van der Waals surface area contributed by atoms with Crippen LogP contribution in [-0.2, 0) is 33.6 Å². The molecule has 26 heteroatoms. The summed E-state index contributed by atoms with van der Waals surface area (Å²) in [4.78, 5) is 12.7. The summed E-state index contributed by atoms with van der Waals surface area (Å²) in [5.41, 5.74) is 5.14. The zero-order valence-corrected chi connectivity index (χ0v) is 34.1. The average Bonchev–Trinajstić information content (AvgIpc) is 3.02. The maximum Gasteiger partial charge on any atom is 1.00 e. The summed E-state index contributed by atoms with van der Waals surface area (Å²) in [7, 11) is -5.17. The van der Waals surface area contributed by atoms with Crippen LogP contribution in [0.25, 0.3) is 10.8 Å². The van der Waals surface area contributed by atoms with Gasteiger partial charge in [-0.15, -0.1) is 10.2 Å². The van der Waals surface area contributed by atoms with Crippen LogP contribution in [0.4, 0.5) is 39.0 Å². The fourth-order valence-corrected chi connectivity index (χ4v) is 5.69. The van der Waals surface area contributed by atoms with E-state index in [0.717, 1.165) is 12.1 Å². The minimum Gasteiger partial charge on any atom is -0.744 e. The van der Waals surface area contributed by atoms with E-state index in [2.05, 4.69) is 49.2 Å². The largest absolute Gasteiger partial charge is 1.00 e. The molecule has 1 saturated heterocycles. The number of morpholine rings is 1. The molecule has 19 nitrogen and oxygen atoms in total. The van der Waals surface area contributed by atoms with Gasteiger partial charge in [-0.05, 0) is 41.8 Å². The normalized spacial score (nSPS) is 13.1. The van der Waals surface area contributed by atoms with Gasteiger partial charge >= 0.3 is 94.8 Å². The number of nitrogens with one attached hydrogen (secondary N) is 1. The van der Waals surface area contributed by atoms with Crippen LogP contribution < -0.4 is 115 Å². The number of ether oxygens (including phenoxy) is 1. The third-order valence-electron chi connectivity index (χ3n) is 6.11. The first-order chi connectivity index (χ1) is 22.1. The van der Waals surface area contributed by atoms with E-state index in [1.54, 1.807) is 4.90 Å². The van der Waals surface area contributed by atoms with Crippen LogP contribution in [0.3, 0.4) is 0 Å². The van der Waals surface area contributed by atoms with Crippen molar-refractivity contribution in [1.82, 2.24) is 15.0 Å². The first kappa shape index (κ1) is 44.2. The number of fused-ring (bicyclic) bond motifs is 1. The summed E-state index contributed by atoms with van der Waals surface area (Å²) >= 11 is 0.822. The van der Waals surface area contributed by atoms with E-state index in [4.69, 9.17) is 10.5 Å². The van der Waals surface area contributed by atoms with E-state index >= 15 is 0 Å². The molecule has 0 amide bonds. The van der Waals surface area contributed by atoms with Crippen molar-refractivity contribution in [3.05, 3.63) is 42.5 Å². The second-order valence-electron chi connectivity index (χ2n) is 8.91. The van der Waals surface area contributed by atoms with Gasteiger partial charge in [-0.1, -0.05) is 0 Å². The van der Waals surface area contributed by atoms with Crippen molar-refractivity contribution in [2.24, 2.45) is 10.2 Å². The van der Waals surface area contributed by atoms with E-state index < -0.39 is 38.2 Å². The molecule has 0 bridgehead atoms. The van der Waals surface area contributed by atoms with Crippen molar-refractivity contribution in [3.63, 3.8) is 0 Å². The molecule has 244 valence electrons. The Balaban J connectivity index is 0.00000278. The average molecular weight is 767 g/mol. The molecule has 0 atom stereocenters. The number of phenols is 1. The van der Waals surface area contributed by atoms with Gasteiger partial charge in [0, 0.05) is 23.7 Å². The van der Waals surface area contributed by atoms with Gasteiger partial charge < -0.3 is 40.9 Å². The quantitative estimate of drug-likeness (QED) is 0.0230. The maximum atomic E-state index is 14.3. The number of nitrogen functional groups attached to an aromatic ring is 1. The third-order valence-corrected chi connectivity index (χ3v) is 8.18. The van der Waals surface area contributed by atoms with Gasteiger partial charge in [-0.25, -0.2) is 8.42 Å². The molecule has 1 aliphatic rings. The minimum atomic E-state index is -5.17. The van der Waals surface area contributed by atoms with E-state index in [1.807, 2.05) is 0 Å². The number of nitrogens with zero attached hydrogens (tertiary/aromatic N) is 6. The van der Waals surface area contributed by atoms with Crippen molar-refractivity contribution in [2.75, 3.05) is 42.3 Å². The summed E-state index contributed by atoms with van der Waals surface area (Å²) in [6.45, 7) is 1.69.